The van der Waals surface area contributed by atoms with Gasteiger partial charge in [-0.1, -0.05) is 0 Å². The lowest BCUT2D eigenvalue weighted by molar-refractivity contribution is -0.135. The van der Waals surface area contributed by atoms with Crippen LogP contribution in [0.15, 0.2) is 42.6 Å². The van der Waals surface area contributed by atoms with Crippen LogP contribution in [0.4, 0.5) is 0 Å². The minimum atomic E-state index is -0.0168. The van der Waals surface area contributed by atoms with Gasteiger partial charge >= 0.3 is 0 Å². The Hall–Kier alpha value is -2.83. The van der Waals surface area contributed by atoms with E-state index in [-0.39, 0.29) is 18.6 Å². The van der Waals surface area contributed by atoms with Crippen molar-refractivity contribution in [2.75, 3.05) is 26.3 Å². The zero-order chi connectivity index (χ0) is 18.2. The van der Waals surface area contributed by atoms with Crippen LogP contribution in [-0.4, -0.2) is 53.4 Å². The average Bonchev–Trinajstić information content (AvgIpc) is 2.69. The molecule has 0 aliphatic carbocycles. The molecule has 2 heterocycles. The maximum absolute atomic E-state index is 12.3. The highest BCUT2D eigenvalue weighted by Gasteiger charge is 2.24. The van der Waals surface area contributed by atoms with Crippen LogP contribution in [0.25, 0.3) is 0 Å². The maximum Gasteiger partial charge on any atom is 0.260 e. The van der Waals surface area contributed by atoms with E-state index >= 15 is 0 Å². The first-order valence-corrected chi connectivity index (χ1v) is 8.82. The lowest BCUT2D eigenvalue weighted by Gasteiger charge is -2.31. The van der Waals surface area contributed by atoms with Crippen LogP contribution in [0.1, 0.15) is 19.8 Å². The summed E-state index contributed by atoms with van der Waals surface area (Å²) in [4.78, 5) is 14.1. The summed E-state index contributed by atoms with van der Waals surface area (Å²) < 4.78 is 16.8. The van der Waals surface area contributed by atoms with Crippen LogP contribution in [0, 0.1) is 0 Å². The molecule has 3 rings (SSSR count). The van der Waals surface area contributed by atoms with Crippen LogP contribution in [0.5, 0.6) is 17.4 Å². The number of hydrogen-bond acceptors (Lipinski definition) is 6. The molecule has 2 aromatic rings. The second kappa shape index (κ2) is 9.03. The minimum Gasteiger partial charge on any atom is -0.494 e. The summed E-state index contributed by atoms with van der Waals surface area (Å²) in [6.07, 6.45) is 3.21. The van der Waals surface area contributed by atoms with Crippen molar-refractivity contribution < 1.29 is 19.0 Å². The fourth-order valence-electron chi connectivity index (χ4n) is 2.78. The van der Waals surface area contributed by atoms with E-state index in [2.05, 4.69) is 10.2 Å². The Bertz CT molecular complexity index is 686. The van der Waals surface area contributed by atoms with Crippen molar-refractivity contribution in [3.8, 4) is 17.4 Å². The first kappa shape index (κ1) is 18.0. The Morgan fingerprint density at radius 3 is 2.42 bits per heavy atom. The predicted molar refractivity (Wildman–Crippen MR) is 95.4 cm³/mol. The van der Waals surface area contributed by atoms with Crippen LogP contribution in [0.3, 0.4) is 0 Å². The Labute approximate surface area is 152 Å². The van der Waals surface area contributed by atoms with Gasteiger partial charge in [0.2, 0.25) is 5.88 Å². The molecule has 0 N–H and O–H groups in total. The van der Waals surface area contributed by atoms with Crippen molar-refractivity contribution in [1.82, 2.24) is 15.1 Å². The van der Waals surface area contributed by atoms with Gasteiger partial charge < -0.3 is 19.1 Å². The van der Waals surface area contributed by atoms with Crippen molar-refractivity contribution >= 4 is 5.91 Å². The number of hydrogen-bond donors (Lipinski definition) is 0. The molecule has 0 radical (unpaired) electrons. The molecule has 0 saturated carbocycles. The Kier molecular flexibility index (Phi) is 6.24. The third kappa shape index (κ3) is 5.08. The van der Waals surface area contributed by atoms with Crippen LogP contribution in [0.2, 0.25) is 0 Å². The summed E-state index contributed by atoms with van der Waals surface area (Å²) in [5, 5.41) is 7.72. The maximum atomic E-state index is 12.3. The lowest BCUT2D eigenvalue weighted by atomic mass is 10.1. The Balaban J connectivity index is 1.40. The smallest absolute Gasteiger partial charge is 0.260 e. The number of nitrogens with zero attached hydrogens (tertiary/aromatic N) is 3. The van der Waals surface area contributed by atoms with E-state index in [1.807, 2.05) is 24.0 Å². The molecule has 7 nitrogen and oxygen atoms in total. The summed E-state index contributed by atoms with van der Waals surface area (Å²) in [5.74, 6) is 1.95. The van der Waals surface area contributed by atoms with E-state index in [1.165, 1.54) is 0 Å². The van der Waals surface area contributed by atoms with Crippen LogP contribution >= 0.6 is 0 Å². The van der Waals surface area contributed by atoms with Gasteiger partial charge in [-0.05, 0) is 37.3 Å². The molecule has 1 aromatic carbocycles. The second-order valence-electron chi connectivity index (χ2n) is 5.95. The van der Waals surface area contributed by atoms with Crippen molar-refractivity contribution in [1.29, 1.82) is 0 Å². The lowest BCUT2D eigenvalue weighted by Crippen LogP contribution is -2.43. The van der Waals surface area contributed by atoms with Crippen molar-refractivity contribution in [2.24, 2.45) is 0 Å². The monoisotopic (exact) mass is 357 g/mol. The number of amides is 1. The number of rotatable bonds is 7. The van der Waals surface area contributed by atoms with Gasteiger partial charge in [-0.25, -0.2) is 0 Å². The molecule has 0 unspecified atom stereocenters. The van der Waals surface area contributed by atoms with Crippen molar-refractivity contribution in [3.05, 3.63) is 42.6 Å². The summed E-state index contributed by atoms with van der Waals surface area (Å²) in [5.41, 5.74) is 0. The standard InChI is InChI=1S/C19H23N3O4/c1-2-24-15-5-7-16(8-6-15)25-14-19(23)22-12-9-17(10-13-22)26-18-4-3-11-20-21-18/h3-8,11,17H,2,9-10,12-14H2,1H3. The molecule has 1 aliphatic rings. The fraction of sp³-hybridized carbons (Fsp3) is 0.421. The minimum absolute atomic E-state index is 0.0168. The van der Waals surface area contributed by atoms with Gasteiger partial charge in [-0.2, -0.15) is 5.10 Å². The normalized spacial score (nSPS) is 14.7. The molecular formula is C19H23N3O4. The summed E-state index contributed by atoms with van der Waals surface area (Å²) >= 11 is 0. The topological polar surface area (TPSA) is 73.8 Å². The zero-order valence-corrected chi connectivity index (χ0v) is 14.8. The van der Waals surface area contributed by atoms with Crippen LogP contribution in [-0.2, 0) is 4.79 Å². The molecule has 26 heavy (non-hydrogen) atoms. The molecule has 1 saturated heterocycles. The number of carbonyl (C=O) groups is 1. The molecule has 138 valence electrons. The van der Waals surface area contributed by atoms with Gasteiger partial charge in [0, 0.05) is 38.2 Å². The molecule has 0 spiro atoms. The zero-order valence-electron chi connectivity index (χ0n) is 14.8. The van der Waals surface area contributed by atoms with Gasteiger partial charge in [0.1, 0.15) is 17.6 Å². The number of aromatic nitrogens is 2. The van der Waals surface area contributed by atoms with E-state index < -0.39 is 0 Å². The van der Waals surface area contributed by atoms with E-state index in [4.69, 9.17) is 14.2 Å². The SMILES string of the molecule is CCOc1ccc(OCC(=O)N2CCC(Oc3cccnn3)CC2)cc1. The van der Waals surface area contributed by atoms with Crippen molar-refractivity contribution in [2.45, 2.75) is 25.9 Å². The van der Waals surface area contributed by atoms with Crippen molar-refractivity contribution in [3.63, 3.8) is 0 Å². The highest BCUT2D eigenvalue weighted by Crippen LogP contribution is 2.19. The van der Waals surface area contributed by atoms with Gasteiger partial charge in [0.25, 0.3) is 5.91 Å². The first-order valence-electron chi connectivity index (χ1n) is 8.82. The third-order valence-electron chi connectivity index (χ3n) is 4.13. The Morgan fingerprint density at radius 2 is 1.81 bits per heavy atom. The van der Waals surface area contributed by atoms with E-state index in [0.717, 1.165) is 18.6 Å². The van der Waals surface area contributed by atoms with E-state index in [1.54, 1.807) is 30.5 Å². The summed E-state index contributed by atoms with van der Waals surface area (Å²) in [7, 11) is 0. The molecule has 1 aliphatic heterocycles. The molecular weight excluding hydrogens is 334 g/mol. The van der Waals surface area contributed by atoms with E-state index in [9.17, 15) is 4.79 Å². The predicted octanol–water partition coefficient (Wildman–Crippen LogP) is 2.32. The van der Waals surface area contributed by atoms with Gasteiger partial charge in [0.15, 0.2) is 6.61 Å². The number of piperidine rings is 1. The quantitative estimate of drug-likeness (QED) is 0.757. The number of ether oxygens (including phenoxy) is 3. The number of carbonyl (C=O) groups excluding carboxylic acids is 1. The highest BCUT2D eigenvalue weighted by atomic mass is 16.5. The van der Waals surface area contributed by atoms with Crippen LogP contribution < -0.4 is 14.2 Å². The third-order valence-corrected chi connectivity index (χ3v) is 4.13. The molecule has 7 heteroatoms. The summed E-state index contributed by atoms with van der Waals surface area (Å²) in [6.45, 7) is 3.89. The fourth-order valence-corrected chi connectivity index (χ4v) is 2.78. The van der Waals surface area contributed by atoms with Gasteiger partial charge in [-0.15, -0.1) is 5.10 Å². The average molecular weight is 357 g/mol. The number of benzene rings is 1. The first-order chi connectivity index (χ1) is 12.7. The highest BCUT2D eigenvalue weighted by molar-refractivity contribution is 5.77. The molecule has 0 bridgehead atoms. The summed E-state index contributed by atoms with van der Waals surface area (Å²) in [6, 6.07) is 10.9. The van der Waals surface area contributed by atoms with E-state index in [0.29, 0.717) is 31.3 Å². The molecule has 1 fully saturated rings. The molecule has 1 aromatic heterocycles. The largest absolute Gasteiger partial charge is 0.494 e. The Morgan fingerprint density at radius 1 is 1.12 bits per heavy atom. The molecule has 1 amide bonds. The second-order valence-corrected chi connectivity index (χ2v) is 5.95. The van der Waals surface area contributed by atoms with Gasteiger partial charge in [0.05, 0.1) is 6.61 Å². The molecule has 0 atom stereocenters. The number of likely N-dealkylation sites (tertiary alicyclic amines) is 1. The van der Waals surface area contributed by atoms with Gasteiger partial charge in [-0.3, -0.25) is 4.79 Å².